The Labute approximate surface area is 113 Å². The molecule has 0 aliphatic carbocycles. The predicted molar refractivity (Wildman–Crippen MR) is 69.3 cm³/mol. The number of carbonyl (C=O) groups excluding carboxylic acids is 1. The number of hydrogen-bond donors (Lipinski definition) is 2. The number of hydrogen-bond acceptors (Lipinski definition) is 3. The van der Waals surface area contributed by atoms with Gasteiger partial charge in [0, 0.05) is 26.1 Å². The van der Waals surface area contributed by atoms with Gasteiger partial charge in [0.05, 0.1) is 12.0 Å². The zero-order valence-electron chi connectivity index (χ0n) is 11.5. The number of piperidine rings is 1. The van der Waals surface area contributed by atoms with Crippen molar-refractivity contribution >= 4 is 12.0 Å². The lowest BCUT2D eigenvalue weighted by Crippen LogP contribution is -2.48. The molecule has 0 aromatic rings. The number of likely N-dealkylation sites (tertiary alicyclic amines) is 1. The number of nitrogens with zero attached hydrogens (tertiary/aromatic N) is 2. The minimum atomic E-state index is -0.845. The molecule has 0 aromatic carbocycles. The summed E-state index contributed by atoms with van der Waals surface area (Å²) in [7, 11) is 0. The second-order valence-electron chi connectivity index (χ2n) is 5.78. The van der Waals surface area contributed by atoms with Gasteiger partial charge in [-0.3, -0.25) is 4.79 Å². The Morgan fingerprint density at radius 3 is 2.79 bits per heavy atom. The molecule has 2 amide bonds. The highest BCUT2D eigenvalue weighted by atomic mass is 16.4. The molecule has 1 atom stereocenters. The summed E-state index contributed by atoms with van der Waals surface area (Å²) in [5, 5.41) is 20.4. The second kappa shape index (κ2) is 6.41. The van der Waals surface area contributed by atoms with Crippen molar-refractivity contribution in [3.63, 3.8) is 0 Å². The molecule has 0 bridgehead atoms. The summed E-state index contributed by atoms with van der Waals surface area (Å²) in [4.78, 5) is 24.4. The topological polar surface area (TPSA) is 93.4 Å². The van der Waals surface area contributed by atoms with Gasteiger partial charge in [-0.25, -0.2) is 4.79 Å². The summed E-state index contributed by atoms with van der Waals surface area (Å²) >= 11 is 0. The zero-order chi connectivity index (χ0) is 14.5. The minimum absolute atomic E-state index is 0.239. The van der Waals surface area contributed by atoms with Crippen LogP contribution in [0.15, 0.2) is 0 Å². The quantitative estimate of drug-likeness (QED) is 0.805. The number of aliphatic carboxylic acids is 1. The number of carboxylic acids is 1. The van der Waals surface area contributed by atoms with Gasteiger partial charge < -0.3 is 15.3 Å². The molecular formula is C13H21N3O3. The summed E-state index contributed by atoms with van der Waals surface area (Å²) in [5.41, 5.74) is -0.271. The van der Waals surface area contributed by atoms with Gasteiger partial charge in [-0.05, 0) is 18.3 Å². The molecule has 106 valence electrons. The SMILES string of the molecule is CC(C)(CC#N)CNC(=O)N1CCCC(C(=O)O)C1. The van der Waals surface area contributed by atoms with Crippen LogP contribution in [-0.2, 0) is 4.79 Å². The maximum Gasteiger partial charge on any atom is 0.317 e. The third-order valence-electron chi connectivity index (χ3n) is 3.33. The van der Waals surface area contributed by atoms with Crippen molar-refractivity contribution in [3.8, 4) is 6.07 Å². The molecule has 2 N–H and O–H groups in total. The van der Waals surface area contributed by atoms with Gasteiger partial charge in [-0.15, -0.1) is 0 Å². The van der Waals surface area contributed by atoms with Crippen molar-refractivity contribution in [1.29, 1.82) is 5.26 Å². The molecule has 19 heavy (non-hydrogen) atoms. The van der Waals surface area contributed by atoms with Crippen LogP contribution in [0.1, 0.15) is 33.1 Å². The van der Waals surface area contributed by atoms with E-state index in [9.17, 15) is 9.59 Å². The average Bonchev–Trinajstić information content (AvgIpc) is 2.36. The number of carbonyl (C=O) groups is 2. The third-order valence-corrected chi connectivity index (χ3v) is 3.33. The van der Waals surface area contributed by atoms with Crippen LogP contribution in [0.25, 0.3) is 0 Å². The molecule has 1 heterocycles. The van der Waals surface area contributed by atoms with Crippen LogP contribution in [-0.4, -0.2) is 41.6 Å². The summed E-state index contributed by atoms with van der Waals surface area (Å²) in [5.74, 6) is -1.31. The van der Waals surface area contributed by atoms with Crippen molar-refractivity contribution in [2.24, 2.45) is 11.3 Å². The molecule has 6 nitrogen and oxygen atoms in total. The molecular weight excluding hydrogens is 246 g/mol. The number of carboxylic acid groups (broad SMARTS) is 1. The normalized spacial score (nSPS) is 19.6. The average molecular weight is 267 g/mol. The molecule has 1 aliphatic rings. The largest absolute Gasteiger partial charge is 0.481 e. The maximum absolute atomic E-state index is 12.0. The predicted octanol–water partition coefficient (Wildman–Crippen LogP) is 1.43. The Morgan fingerprint density at radius 1 is 1.53 bits per heavy atom. The monoisotopic (exact) mass is 267 g/mol. The Kier molecular flexibility index (Phi) is 5.16. The molecule has 1 unspecified atom stereocenters. The first kappa shape index (κ1) is 15.3. The Balaban J connectivity index is 2.45. The van der Waals surface area contributed by atoms with E-state index in [1.165, 1.54) is 0 Å². The first-order valence-electron chi connectivity index (χ1n) is 6.48. The summed E-state index contributed by atoms with van der Waals surface area (Å²) in [6, 6.07) is 1.85. The van der Waals surface area contributed by atoms with E-state index in [-0.39, 0.29) is 18.0 Å². The summed E-state index contributed by atoms with van der Waals surface area (Å²) < 4.78 is 0. The number of urea groups is 1. The molecule has 0 radical (unpaired) electrons. The van der Waals surface area contributed by atoms with Crippen LogP contribution in [0.4, 0.5) is 4.79 Å². The lowest BCUT2D eigenvalue weighted by molar-refractivity contribution is -0.143. The molecule has 1 aliphatic heterocycles. The minimum Gasteiger partial charge on any atom is -0.481 e. The molecule has 1 rings (SSSR count). The highest BCUT2D eigenvalue weighted by Gasteiger charge is 2.28. The van der Waals surface area contributed by atoms with Crippen LogP contribution in [0.3, 0.4) is 0 Å². The smallest absolute Gasteiger partial charge is 0.317 e. The fraction of sp³-hybridized carbons (Fsp3) is 0.769. The highest BCUT2D eigenvalue weighted by Crippen LogP contribution is 2.19. The van der Waals surface area contributed by atoms with E-state index in [0.717, 1.165) is 0 Å². The molecule has 1 fully saturated rings. The maximum atomic E-state index is 12.0. The van der Waals surface area contributed by atoms with E-state index in [1.807, 2.05) is 13.8 Å². The first-order valence-corrected chi connectivity index (χ1v) is 6.48. The Bertz CT molecular complexity index is 387. The molecule has 0 aromatic heterocycles. The first-order chi connectivity index (χ1) is 8.85. The van der Waals surface area contributed by atoms with Gasteiger partial charge in [0.2, 0.25) is 0 Å². The molecule has 1 saturated heterocycles. The van der Waals surface area contributed by atoms with Crippen LogP contribution in [0.5, 0.6) is 0 Å². The van der Waals surface area contributed by atoms with Gasteiger partial charge in [-0.2, -0.15) is 5.26 Å². The standard InChI is InChI=1S/C13H21N3O3/c1-13(2,5-6-14)9-15-12(19)16-7-3-4-10(8-16)11(17)18/h10H,3-5,7-9H2,1-2H3,(H,15,19)(H,17,18). The van der Waals surface area contributed by atoms with Crippen molar-refractivity contribution in [2.75, 3.05) is 19.6 Å². The van der Waals surface area contributed by atoms with Gasteiger partial charge in [0.15, 0.2) is 0 Å². The molecule has 0 spiro atoms. The van der Waals surface area contributed by atoms with Gasteiger partial charge in [0.1, 0.15) is 0 Å². The number of rotatable bonds is 4. The van der Waals surface area contributed by atoms with E-state index in [2.05, 4.69) is 11.4 Å². The van der Waals surface area contributed by atoms with E-state index in [1.54, 1.807) is 4.90 Å². The van der Waals surface area contributed by atoms with E-state index < -0.39 is 11.9 Å². The third kappa shape index (κ3) is 4.78. The van der Waals surface area contributed by atoms with Crippen LogP contribution >= 0.6 is 0 Å². The van der Waals surface area contributed by atoms with Crippen LogP contribution < -0.4 is 5.32 Å². The van der Waals surface area contributed by atoms with Crippen LogP contribution in [0.2, 0.25) is 0 Å². The van der Waals surface area contributed by atoms with E-state index in [0.29, 0.717) is 32.4 Å². The summed E-state index contributed by atoms with van der Waals surface area (Å²) in [6.07, 6.45) is 1.70. The molecule has 0 saturated carbocycles. The number of nitrogens with one attached hydrogen (secondary N) is 1. The fourth-order valence-electron chi connectivity index (χ4n) is 2.07. The van der Waals surface area contributed by atoms with E-state index >= 15 is 0 Å². The van der Waals surface area contributed by atoms with Crippen molar-refractivity contribution in [2.45, 2.75) is 33.1 Å². The molecule has 6 heteroatoms. The fourth-order valence-corrected chi connectivity index (χ4v) is 2.07. The van der Waals surface area contributed by atoms with Crippen molar-refractivity contribution in [1.82, 2.24) is 10.2 Å². The second-order valence-corrected chi connectivity index (χ2v) is 5.78. The van der Waals surface area contributed by atoms with Crippen molar-refractivity contribution in [3.05, 3.63) is 0 Å². The van der Waals surface area contributed by atoms with E-state index in [4.69, 9.17) is 10.4 Å². The highest BCUT2D eigenvalue weighted by molar-refractivity contribution is 5.76. The number of nitriles is 1. The lowest BCUT2D eigenvalue weighted by Gasteiger charge is -2.32. The zero-order valence-corrected chi connectivity index (χ0v) is 11.5. The van der Waals surface area contributed by atoms with Gasteiger partial charge in [-0.1, -0.05) is 13.8 Å². The Hall–Kier alpha value is -1.77. The van der Waals surface area contributed by atoms with Crippen LogP contribution in [0, 0.1) is 22.7 Å². The summed E-state index contributed by atoms with van der Waals surface area (Å²) in [6.45, 7) is 5.08. The number of amides is 2. The van der Waals surface area contributed by atoms with Crippen molar-refractivity contribution < 1.29 is 14.7 Å². The lowest BCUT2D eigenvalue weighted by atomic mass is 9.90. The Morgan fingerprint density at radius 2 is 2.21 bits per heavy atom. The van der Waals surface area contributed by atoms with Gasteiger partial charge in [0.25, 0.3) is 0 Å². The van der Waals surface area contributed by atoms with Gasteiger partial charge >= 0.3 is 12.0 Å².